The number of H-pyrrole nitrogens is 1. The number of nitrogens with zero attached hydrogens (tertiary/aromatic N) is 1. The molecule has 1 aliphatic rings. The van der Waals surface area contributed by atoms with Crippen molar-refractivity contribution in [2.75, 3.05) is 13.1 Å². The number of carbonyl (C=O) groups is 1. The molecule has 1 aromatic carbocycles. The van der Waals surface area contributed by atoms with Gasteiger partial charge in [0.15, 0.2) is 0 Å². The molecule has 3 rings (SSSR count). The summed E-state index contributed by atoms with van der Waals surface area (Å²) < 4.78 is 0. The normalized spacial score (nSPS) is 22.2. The number of fused-ring (bicyclic) bond motifs is 1. The van der Waals surface area contributed by atoms with Crippen LogP contribution in [0.25, 0.3) is 10.9 Å². The minimum Gasteiger partial charge on any atom is -0.361 e. The molecule has 0 bridgehead atoms. The molecule has 1 aliphatic heterocycles. The molecule has 1 saturated heterocycles. The number of aromatic amines is 1. The lowest BCUT2D eigenvalue weighted by Crippen LogP contribution is -2.50. The Morgan fingerprint density at radius 2 is 2.27 bits per heavy atom. The van der Waals surface area contributed by atoms with E-state index in [4.69, 9.17) is 0 Å². The van der Waals surface area contributed by atoms with Crippen LogP contribution in [0.15, 0.2) is 30.5 Å². The SMILES string of the molecule is CC[C@@H]1CN(C(C)=O)CC[C@@H]1NCc1cccc2[nH]ccc12. The van der Waals surface area contributed by atoms with E-state index in [1.54, 1.807) is 6.92 Å². The number of amides is 1. The molecule has 2 N–H and O–H groups in total. The summed E-state index contributed by atoms with van der Waals surface area (Å²) in [4.78, 5) is 16.8. The maximum atomic E-state index is 11.6. The van der Waals surface area contributed by atoms with Crippen molar-refractivity contribution in [2.45, 2.75) is 39.3 Å². The molecular weight excluding hydrogens is 274 g/mol. The predicted molar refractivity (Wildman–Crippen MR) is 89.6 cm³/mol. The molecule has 2 aromatic rings. The summed E-state index contributed by atoms with van der Waals surface area (Å²) in [5.74, 6) is 0.747. The number of hydrogen-bond donors (Lipinski definition) is 2. The van der Waals surface area contributed by atoms with Crippen molar-refractivity contribution in [3.63, 3.8) is 0 Å². The van der Waals surface area contributed by atoms with Crippen molar-refractivity contribution < 1.29 is 4.79 Å². The second-order valence-electron chi connectivity index (χ2n) is 6.27. The summed E-state index contributed by atoms with van der Waals surface area (Å²) in [6.07, 6.45) is 4.14. The molecule has 0 aliphatic carbocycles. The Bertz CT molecular complexity index is 649. The molecule has 1 fully saturated rings. The number of hydrogen-bond acceptors (Lipinski definition) is 2. The Labute approximate surface area is 131 Å². The third kappa shape index (κ3) is 3.02. The highest BCUT2D eigenvalue weighted by Gasteiger charge is 2.28. The Hall–Kier alpha value is -1.81. The Balaban J connectivity index is 1.66. The number of nitrogens with one attached hydrogen (secondary N) is 2. The Kier molecular flexibility index (Phi) is 4.48. The van der Waals surface area contributed by atoms with Crippen molar-refractivity contribution in [3.05, 3.63) is 36.0 Å². The Morgan fingerprint density at radius 3 is 3.05 bits per heavy atom. The van der Waals surface area contributed by atoms with E-state index in [1.807, 2.05) is 11.1 Å². The molecule has 4 heteroatoms. The summed E-state index contributed by atoms with van der Waals surface area (Å²) in [5.41, 5.74) is 2.53. The molecule has 0 unspecified atom stereocenters. The van der Waals surface area contributed by atoms with E-state index in [2.05, 4.69) is 41.5 Å². The van der Waals surface area contributed by atoms with Crippen molar-refractivity contribution >= 4 is 16.8 Å². The third-order valence-corrected chi connectivity index (χ3v) is 4.94. The maximum absolute atomic E-state index is 11.6. The van der Waals surface area contributed by atoms with Gasteiger partial charge in [0.05, 0.1) is 0 Å². The van der Waals surface area contributed by atoms with Crippen LogP contribution in [0.4, 0.5) is 0 Å². The van der Waals surface area contributed by atoms with Crippen LogP contribution in [0, 0.1) is 5.92 Å². The number of piperidine rings is 1. The molecule has 2 atom stereocenters. The summed E-state index contributed by atoms with van der Waals surface area (Å²) >= 11 is 0. The van der Waals surface area contributed by atoms with Gasteiger partial charge in [0.25, 0.3) is 0 Å². The predicted octanol–water partition coefficient (Wildman–Crippen LogP) is 2.90. The number of likely N-dealkylation sites (tertiary alicyclic amines) is 1. The third-order valence-electron chi connectivity index (χ3n) is 4.94. The molecule has 1 amide bonds. The van der Waals surface area contributed by atoms with E-state index in [0.717, 1.165) is 32.5 Å². The zero-order valence-electron chi connectivity index (χ0n) is 13.4. The standard InChI is InChI=1S/C18H25N3O/c1-3-14-12-21(13(2)22)10-8-17(14)20-11-15-5-4-6-18-16(15)7-9-19-18/h4-7,9,14,17,19-20H,3,8,10-12H2,1-2H3/t14-,17+/m1/s1. The first kappa shape index (κ1) is 15.1. The summed E-state index contributed by atoms with van der Waals surface area (Å²) in [7, 11) is 0. The van der Waals surface area contributed by atoms with Crippen LogP contribution in [0.1, 0.15) is 32.3 Å². The minimum absolute atomic E-state index is 0.203. The van der Waals surface area contributed by atoms with Gasteiger partial charge in [-0.05, 0) is 30.0 Å². The molecule has 0 radical (unpaired) electrons. The van der Waals surface area contributed by atoms with Gasteiger partial charge in [-0.1, -0.05) is 25.5 Å². The lowest BCUT2D eigenvalue weighted by Gasteiger charge is -2.38. The van der Waals surface area contributed by atoms with E-state index in [0.29, 0.717) is 12.0 Å². The molecule has 22 heavy (non-hydrogen) atoms. The van der Waals surface area contributed by atoms with Crippen LogP contribution in [0.2, 0.25) is 0 Å². The second kappa shape index (κ2) is 6.53. The highest BCUT2D eigenvalue weighted by atomic mass is 16.2. The van der Waals surface area contributed by atoms with Crippen LogP contribution in [-0.4, -0.2) is 34.9 Å². The lowest BCUT2D eigenvalue weighted by atomic mass is 9.89. The van der Waals surface area contributed by atoms with Gasteiger partial charge in [0, 0.05) is 49.7 Å². The van der Waals surface area contributed by atoms with E-state index < -0.39 is 0 Å². The quantitative estimate of drug-likeness (QED) is 0.912. The van der Waals surface area contributed by atoms with E-state index >= 15 is 0 Å². The molecule has 118 valence electrons. The fraction of sp³-hybridized carbons (Fsp3) is 0.500. The first-order chi connectivity index (χ1) is 10.7. The highest BCUT2D eigenvalue weighted by molar-refractivity contribution is 5.82. The average molecular weight is 299 g/mol. The average Bonchev–Trinajstić information content (AvgIpc) is 3.01. The van der Waals surface area contributed by atoms with Gasteiger partial charge in [0.1, 0.15) is 0 Å². The van der Waals surface area contributed by atoms with Crippen molar-refractivity contribution in [1.82, 2.24) is 15.2 Å². The molecule has 0 spiro atoms. The topological polar surface area (TPSA) is 48.1 Å². The number of benzene rings is 1. The van der Waals surface area contributed by atoms with Crippen LogP contribution in [0.3, 0.4) is 0 Å². The monoisotopic (exact) mass is 299 g/mol. The minimum atomic E-state index is 0.203. The molecule has 0 saturated carbocycles. The zero-order valence-corrected chi connectivity index (χ0v) is 13.4. The van der Waals surface area contributed by atoms with Gasteiger partial charge in [-0.2, -0.15) is 0 Å². The van der Waals surface area contributed by atoms with E-state index in [1.165, 1.54) is 16.5 Å². The van der Waals surface area contributed by atoms with Crippen molar-refractivity contribution in [3.8, 4) is 0 Å². The molecular formula is C18H25N3O. The first-order valence-corrected chi connectivity index (χ1v) is 8.23. The van der Waals surface area contributed by atoms with Gasteiger partial charge in [0.2, 0.25) is 5.91 Å². The van der Waals surface area contributed by atoms with E-state index in [-0.39, 0.29) is 5.91 Å². The zero-order chi connectivity index (χ0) is 15.5. The first-order valence-electron chi connectivity index (χ1n) is 8.23. The maximum Gasteiger partial charge on any atom is 0.219 e. The van der Waals surface area contributed by atoms with Crippen molar-refractivity contribution in [2.24, 2.45) is 5.92 Å². The van der Waals surface area contributed by atoms with Crippen molar-refractivity contribution in [1.29, 1.82) is 0 Å². The van der Waals surface area contributed by atoms with Crippen LogP contribution >= 0.6 is 0 Å². The van der Waals surface area contributed by atoms with Gasteiger partial charge in [-0.15, -0.1) is 0 Å². The molecule has 1 aromatic heterocycles. The molecule has 2 heterocycles. The number of aromatic nitrogens is 1. The lowest BCUT2D eigenvalue weighted by molar-refractivity contribution is -0.131. The molecule has 4 nitrogen and oxygen atoms in total. The fourth-order valence-electron chi connectivity index (χ4n) is 3.55. The second-order valence-corrected chi connectivity index (χ2v) is 6.27. The van der Waals surface area contributed by atoms with Gasteiger partial charge in [-0.3, -0.25) is 4.79 Å². The number of rotatable bonds is 4. The van der Waals surface area contributed by atoms with E-state index in [9.17, 15) is 4.79 Å². The van der Waals surface area contributed by atoms with Gasteiger partial charge >= 0.3 is 0 Å². The highest BCUT2D eigenvalue weighted by Crippen LogP contribution is 2.22. The van der Waals surface area contributed by atoms with Crippen LogP contribution in [-0.2, 0) is 11.3 Å². The van der Waals surface area contributed by atoms with Crippen LogP contribution in [0.5, 0.6) is 0 Å². The number of carbonyl (C=O) groups excluding carboxylic acids is 1. The van der Waals surface area contributed by atoms with Gasteiger partial charge in [-0.25, -0.2) is 0 Å². The van der Waals surface area contributed by atoms with Crippen LogP contribution < -0.4 is 5.32 Å². The summed E-state index contributed by atoms with van der Waals surface area (Å²) in [6, 6.07) is 9.04. The van der Waals surface area contributed by atoms with Gasteiger partial charge < -0.3 is 15.2 Å². The fourth-order valence-corrected chi connectivity index (χ4v) is 3.55. The summed E-state index contributed by atoms with van der Waals surface area (Å²) in [6.45, 7) is 6.54. The Morgan fingerprint density at radius 1 is 1.41 bits per heavy atom. The largest absolute Gasteiger partial charge is 0.361 e. The summed E-state index contributed by atoms with van der Waals surface area (Å²) in [5, 5.41) is 5.02. The smallest absolute Gasteiger partial charge is 0.219 e.